The molecule has 0 heterocycles. The van der Waals surface area contributed by atoms with Crippen LogP contribution in [0, 0.1) is 0 Å². The topological polar surface area (TPSA) is 9.23 Å². The van der Waals surface area contributed by atoms with Gasteiger partial charge in [0.05, 0.1) is 12.2 Å². The Labute approximate surface area is 112 Å². The smallest absolute Gasteiger partial charge is 0.0585 e. The second-order valence-electron chi connectivity index (χ2n) is 5.46. The lowest BCUT2D eigenvalue weighted by Crippen LogP contribution is -2.12. The lowest BCUT2D eigenvalue weighted by atomic mass is 10.0. The molecule has 0 saturated carbocycles. The highest BCUT2D eigenvalue weighted by molar-refractivity contribution is 5.50. The quantitative estimate of drug-likeness (QED) is 0.684. The average Bonchev–Trinajstić information content (AvgIpc) is 2.28. The lowest BCUT2D eigenvalue weighted by molar-refractivity contribution is 0.0210. The maximum Gasteiger partial charge on any atom is 0.0585 e. The second kappa shape index (κ2) is 7.38. The molecule has 0 aromatic heterocycles. The van der Waals surface area contributed by atoms with E-state index in [2.05, 4.69) is 71.0 Å². The molecule has 0 aliphatic rings. The zero-order valence-corrected chi connectivity index (χ0v) is 12.3. The maximum atomic E-state index is 5.70. The summed E-state index contributed by atoms with van der Waals surface area (Å²) >= 11 is 0. The summed E-state index contributed by atoms with van der Waals surface area (Å²) in [6, 6.07) is 8.72. The van der Waals surface area contributed by atoms with Crippen LogP contribution < -0.4 is 0 Å². The van der Waals surface area contributed by atoms with Crippen molar-refractivity contribution in [1.29, 1.82) is 0 Å². The third-order valence-corrected chi connectivity index (χ3v) is 2.86. The van der Waals surface area contributed by atoms with Crippen LogP contribution in [-0.4, -0.2) is 12.2 Å². The van der Waals surface area contributed by atoms with Gasteiger partial charge in [-0.1, -0.05) is 50.3 Å². The predicted molar refractivity (Wildman–Crippen MR) is 79.9 cm³/mol. The van der Waals surface area contributed by atoms with E-state index in [0.717, 1.165) is 6.42 Å². The molecule has 0 fully saturated rings. The van der Waals surface area contributed by atoms with Crippen LogP contribution in [0.4, 0.5) is 0 Å². The Balaban J connectivity index is 2.54. The fraction of sp³-hybridized carbons (Fsp3) is 0.529. The van der Waals surface area contributed by atoms with Crippen LogP contribution in [0.3, 0.4) is 0 Å². The van der Waals surface area contributed by atoms with Crippen molar-refractivity contribution in [3.05, 3.63) is 41.5 Å². The zero-order valence-electron chi connectivity index (χ0n) is 12.3. The summed E-state index contributed by atoms with van der Waals surface area (Å²) in [5.41, 5.74) is 2.67. The fourth-order valence-corrected chi connectivity index (χ4v) is 1.94. The third kappa shape index (κ3) is 5.50. The van der Waals surface area contributed by atoms with E-state index in [1.54, 1.807) is 0 Å². The van der Waals surface area contributed by atoms with Gasteiger partial charge in [0.25, 0.3) is 0 Å². The molecule has 1 nitrogen and oxygen atoms in total. The van der Waals surface area contributed by atoms with Crippen molar-refractivity contribution in [3.63, 3.8) is 0 Å². The van der Waals surface area contributed by atoms with E-state index in [0.29, 0.717) is 12.0 Å². The Hall–Kier alpha value is -1.08. The van der Waals surface area contributed by atoms with Crippen LogP contribution in [0.1, 0.15) is 58.1 Å². The van der Waals surface area contributed by atoms with Gasteiger partial charge < -0.3 is 4.74 Å². The Bertz CT molecular complexity index is 377. The Morgan fingerprint density at radius 1 is 1.11 bits per heavy atom. The molecular weight excluding hydrogens is 220 g/mol. The van der Waals surface area contributed by atoms with Gasteiger partial charge in [-0.15, -0.1) is 0 Å². The number of ether oxygens (including phenoxy) is 1. The molecule has 1 atom stereocenters. The minimum atomic E-state index is 0.287. The van der Waals surface area contributed by atoms with E-state index >= 15 is 0 Å². The molecule has 100 valence electrons. The van der Waals surface area contributed by atoms with Gasteiger partial charge in [-0.3, -0.25) is 0 Å². The van der Waals surface area contributed by atoms with E-state index in [4.69, 9.17) is 4.74 Å². The van der Waals surface area contributed by atoms with Crippen molar-refractivity contribution in [1.82, 2.24) is 0 Å². The molecule has 1 aromatic rings. The Kier molecular flexibility index (Phi) is 6.14. The molecule has 0 unspecified atom stereocenters. The van der Waals surface area contributed by atoms with E-state index in [1.165, 1.54) is 11.1 Å². The van der Waals surface area contributed by atoms with Crippen LogP contribution in [0.2, 0.25) is 0 Å². The van der Waals surface area contributed by atoms with Crippen molar-refractivity contribution in [2.24, 2.45) is 0 Å². The van der Waals surface area contributed by atoms with Crippen LogP contribution in [-0.2, 0) is 4.74 Å². The van der Waals surface area contributed by atoms with Crippen molar-refractivity contribution >= 4 is 6.08 Å². The number of hydrogen-bond acceptors (Lipinski definition) is 1. The molecule has 0 amide bonds. The van der Waals surface area contributed by atoms with Gasteiger partial charge >= 0.3 is 0 Å². The zero-order chi connectivity index (χ0) is 13.5. The summed E-state index contributed by atoms with van der Waals surface area (Å²) in [6.07, 6.45) is 5.94. The van der Waals surface area contributed by atoms with E-state index < -0.39 is 0 Å². The first kappa shape index (κ1) is 15.0. The van der Waals surface area contributed by atoms with Gasteiger partial charge in [-0.05, 0) is 44.2 Å². The molecule has 0 bridgehead atoms. The predicted octanol–water partition coefficient (Wildman–Crippen LogP) is 5.03. The highest BCUT2D eigenvalue weighted by atomic mass is 16.5. The van der Waals surface area contributed by atoms with Crippen molar-refractivity contribution in [2.75, 3.05) is 0 Å². The van der Waals surface area contributed by atoms with E-state index in [-0.39, 0.29) is 6.10 Å². The Morgan fingerprint density at radius 2 is 1.83 bits per heavy atom. The monoisotopic (exact) mass is 246 g/mol. The molecule has 0 radical (unpaired) electrons. The van der Waals surface area contributed by atoms with Gasteiger partial charge in [0.1, 0.15) is 0 Å². The van der Waals surface area contributed by atoms with Crippen LogP contribution in [0.25, 0.3) is 6.08 Å². The first-order valence-corrected chi connectivity index (χ1v) is 6.91. The fourth-order valence-electron chi connectivity index (χ4n) is 1.94. The van der Waals surface area contributed by atoms with Crippen molar-refractivity contribution in [2.45, 2.75) is 59.2 Å². The van der Waals surface area contributed by atoms with Crippen LogP contribution in [0.15, 0.2) is 30.3 Å². The molecule has 0 N–H and O–H groups in total. The molecule has 0 spiro atoms. The SMILES string of the molecule is CC(C)O[C@@H](C)C/C=C/c1cccc(C(C)C)c1. The Morgan fingerprint density at radius 3 is 2.44 bits per heavy atom. The summed E-state index contributed by atoms with van der Waals surface area (Å²) in [6.45, 7) is 10.7. The molecule has 1 heteroatoms. The summed E-state index contributed by atoms with van der Waals surface area (Å²) in [7, 11) is 0. The minimum Gasteiger partial charge on any atom is -0.376 e. The molecule has 0 aliphatic heterocycles. The standard InChI is InChI=1S/C17H26O/c1-13(2)17-11-7-10-16(12-17)9-6-8-15(5)18-14(3)4/h6-7,9-15H,8H2,1-5H3/b9-6+/t15-/m0/s1. The first-order chi connectivity index (χ1) is 8.49. The summed E-state index contributed by atoms with van der Waals surface area (Å²) in [5.74, 6) is 0.585. The number of rotatable bonds is 6. The highest BCUT2D eigenvalue weighted by Gasteiger charge is 2.02. The molecule has 18 heavy (non-hydrogen) atoms. The molecule has 0 saturated heterocycles. The van der Waals surface area contributed by atoms with E-state index in [1.807, 2.05) is 0 Å². The first-order valence-electron chi connectivity index (χ1n) is 6.91. The summed E-state index contributed by atoms with van der Waals surface area (Å²) in [4.78, 5) is 0. The lowest BCUT2D eigenvalue weighted by Gasteiger charge is -2.13. The van der Waals surface area contributed by atoms with Crippen LogP contribution >= 0.6 is 0 Å². The normalized spacial score (nSPS) is 13.7. The summed E-state index contributed by atoms with van der Waals surface area (Å²) in [5, 5.41) is 0. The van der Waals surface area contributed by atoms with Gasteiger partial charge in [-0.2, -0.15) is 0 Å². The molecule has 1 aromatic carbocycles. The average molecular weight is 246 g/mol. The highest BCUT2D eigenvalue weighted by Crippen LogP contribution is 2.16. The second-order valence-corrected chi connectivity index (χ2v) is 5.46. The third-order valence-electron chi connectivity index (χ3n) is 2.86. The molecule has 0 aliphatic carbocycles. The maximum absolute atomic E-state index is 5.70. The molecular formula is C17H26O. The van der Waals surface area contributed by atoms with Gasteiger partial charge in [0, 0.05) is 0 Å². The van der Waals surface area contributed by atoms with Crippen molar-refractivity contribution < 1.29 is 4.74 Å². The number of benzene rings is 1. The van der Waals surface area contributed by atoms with Gasteiger partial charge in [0.15, 0.2) is 0 Å². The van der Waals surface area contributed by atoms with Crippen LogP contribution in [0.5, 0.6) is 0 Å². The van der Waals surface area contributed by atoms with Crippen molar-refractivity contribution in [3.8, 4) is 0 Å². The minimum absolute atomic E-state index is 0.287. The van der Waals surface area contributed by atoms with Gasteiger partial charge in [-0.25, -0.2) is 0 Å². The van der Waals surface area contributed by atoms with E-state index in [9.17, 15) is 0 Å². The van der Waals surface area contributed by atoms with Gasteiger partial charge in [0.2, 0.25) is 0 Å². The summed E-state index contributed by atoms with van der Waals surface area (Å²) < 4.78 is 5.70. The number of hydrogen-bond donors (Lipinski definition) is 0. The largest absolute Gasteiger partial charge is 0.376 e. The molecule has 1 rings (SSSR count).